The quantitative estimate of drug-likeness (QED) is 0.361. The van der Waals surface area contributed by atoms with E-state index in [0.717, 1.165) is 13.2 Å². The van der Waals surface area contributed by atoms with Gasteiger partial charge in [0, 0.05) is 19.6 Å². The summed E-state index contributed by atoms with van der Waals surface area (Å²) >= 11 is 0. The zero-order valence-corrected chi connectivity index (χ0v) is 8.39. The summed E-state index contributed by atoms with van der Waals surface area (Å²) in [5.74, 6) is 0. The number of nitrogens with zero attached hydrogens (tertiary/aromatic N) is 1. The number of hydrogen-bond donors (Lipinski definition) is 2. The standard InChI is InChI=1S/C9H19NO4/c11-4-1-10(2-5-12)3-6-13-7-9-8-14-9/h9,11-12H,1-8H2. The Bertz CT molecular complexity index is 135. The van der Waals surface area contributed by atoms with Gasteiger partial charge in [0.25, 0.3) is 0 Å². The van der Waals surface area contributed by atoms with E-state index in [2.05, 4.69) is 0 Å². The van der Waals surface area contributed by atoms with Gasteiger partial charge in [-0.3, -0.25) is 4.90 Å². The molecule has 84 valence electrons. The van der Waals surface area contributed by atoms with Crippen LogP contribution in [0.3, 0.4) is 0 Å². The van der Waals surface area contributed by atoms with Crippen molar-refractivity contribution in [3.05, 3.63) is 0 Å². The van der Waals surface area contributed by atoms with Gasteiger partial charge in [0.15, 0.2) is 0 Å². The van der Waals surface area contributed by atoms with Crippen molar-refractivity contribution < 1.29 is 19.7 Å². The molecular weight excluding hydrogens is 186 g/mol. The van der Waals surface area contributed by atoms with E-state index in [1.807, 2.05) is 4.90 Å². The Morgan fingerprint density at radius 3 is 2.36 bits per heavy atom. The highest BCUT2D eigenvalue weighted by Gasteiger charge is 2.22. The van der Waals surface area contributed by atoms with Crippen molar-refractivity contribution in [2.24, 2.45) is 0 Å². The maximum Gasteiger partial charge on any atom is 0.104 e. The Morgan fingerprint density at radius 1 is 1.21 bits per heavy atom. The van der Waals surface area contributed by atoms with Crippen LogP contribution in [-0.4, -0.2) is 73.9 Å². The Balaban J connectivity index is 1.93. The molecule has 1 fully saturated rings. The molecule has 0 aliphatic carbocycles. The average molecular weight is 205 g/mol. The van der Waals surface area contributed by atoms with Crippen LogP contribution in [0.15, 0.2) is 0 Å². The van der Waals surface area contributed by atoms with E-state index in [1.165, 1.54) is 0 Å². The van der Waals surface area contributed by atoms with E-state index in [9.17, 15) is 0 Å². The second kappa shape index (κ2) is 7.14. The largest absolute Gasteiger partial charge is 0.395 e. The first kappa shape index (κ1) is 11.9. The molecule has 0 aromatic rings. The highest BCUT2D eigenvalue weighted by molar-refractivity contribution is 4.67. The summed E-state index contributed by atoms with van der Waals surface area (Å²) in [4.78, 5) is 1.97. The molecule has 0 bridgehead atoms. The molecule has 1 rings (SSSR count). The lowest BCUT2D eigenvalue weighted by Gasteiger charge is -2.19. The summed E-state index contributed by atoms with van der Waals surface area (Å²) in [5.41, 5.74) is 0. The Kier molecular flexibility index (Phi) is 6.05. The molecule has 0 amide bonds. The fourth-order valence-corrected chi connectivity index (χ4v) is 1.19. The van der Waals surface area contributed by atoms with Gasteiger partial charge in [0.1, 0.15) is 6.10 Å². The van der Waals surface area contributed by atoms with Crippen molar-refractivity contribution in [2.75, 3.05) is 52.7 Å². The first-order chi connectivity index (χ1) is 6.86. The predicted octanol–water partition coefficient (Wildman–Crippen LogP) is -1.31. The maximum atomic E-state index is 8.73. The van der Waals surface area contributed by atoms with Gasteiger partial charge in [0.2, 0.25) is 0 Å². The molecule has 2 N–H and O–H groups in total. The second-order valence-electron chi connectivity index (χ2n) is 3.32. The summed E-state index contributed by atoms with van der Waals surface area (Å²) in [6, 6.07) is 0. The van der Waals surface area contributed by atoms with Crippen molar-refractivity contribution in [3.63, 3.8) is 0 Å². The molecule has 0 radical (unpaired) electrons. The summed E-state index contributed by atoms with van der Waals surface area (Å²) in [5, 5.41) is 17.5. The van der Waals surface area contributed by atoms with Crippen molar-refractivity contribution in [1.82, 2.24) is 4.90 Å². The van der Waals surface area contributed by atoms with Gasteiger partial charge >= 0.3 is 0 Å². The predicted molar refractivity (Wildman–Crippen MR) is 51.2 cm³/mol. The lowest BCUT2D eigenvalue weighted by Crippen LogP contribution is -2.33. The molecule has 1 saturated heterocycles. The van der Waals surface area contributed by atoms with Crippen LogP contribution in [0.4, 0.5) is 0 Å². The third-order valence-electron chi connectivity index (χ3n) is 2.09. The summed E-state index contributed by atoms with van der Waals surface area (Å²) in [7, 11) is 0. The number of ether oxygens (including phenoxy) is 2. The third kappa shape index (κ3) is 5.51. The monoisotopic (exact) mass is 205 g/mol. The maximum absolute atomic E-state index is 8.73. The summed E-state index contributed by atoms with van der Waals surface area (Å²) in [6.45, 7) is 4.25. The number of rotatable bonds is 9. The summed E-state index contributed by atoms with van der Waals surface area (Å²) in [6.07, 6.45) is 0.305. The van der Waals surface area contributed by atoms with Crippen LogP contribution in [-0.2, 0) is 9.47 Å². The van der Waals surface area contributed by atoms with Crippen molar-refractivity contribution in [3.8, 4) is 0 Å². The zero-order valence-electron chi connectivity index (χ0n) is 8.39. The van der Waals surface area contributed by atoms with Gasteiger partial charge in [-0.05, 0) is 0 Å². The topological polar surface area (TPSA) is 65.5 Å². The van der Waals surface area contributed by atoms with E-state index < -0.39 is 0 Å². The lowest BCUT2D eigenvalue weighted by atomic mass is 10.4. The minimum Gasteiger partial charge on any atom is -0.395 e. The van der Waals surface area contributed by atoms with Crippen molar-refractivity contribution >= 4 is 0 Å². The molecule has 14 heavy (non-hydrogen) atoms. The van der Waals surface area contributed by atoms with E-state index in [4.69, 9.17) is 19.7 Å². The van der Waals surface area contributed by atoms with Crippen LogP contribution in [0, 0.1) is 0 Å². The highest BCUT2D eigenvalue weighted by atomic mass is 16.6. The van der Waals surface area contributed by atoms with Gasteiger partial charge in [0.05, 0.1) is 33.0 Å². The highest BCUT2D eigenvalue weighted by Crippen LogP contribution is 2.08. The molecule has 0 saturated carbocycles. The van der Waals surface area contributed by atoms with E-state index in [0.29, 0.717) is 32.4 Å². The van der Waals surface area contributed by atoms with Gasteiger partial charge in [-0.1, -0.05) is 0 Å². The molecule has 0 aromatic carbocycles. The van der Waals surface area contributed by atoms with Gasteiger partial charge in [-0.25, -0.2) is 0 Å². The molecule has 1 atom stereocenters. The molecular formula is C9H19NO4. The Labute approximate surface area is 84.2 Å². The second-order valence-corrected chi connectivity index (χ2v) is 3.32. The molecule has 0 spiro atoms. The SMILES string of the molecule is OCCN(CCO)CCOCC1CO1. The smallest absolute Gasteiger partial charge is 0.104 e. The normalized spacial score (nSPS) is 20.4. The van der Waals surface area contributed by atoms with Crippen molar-refractivity contribution in [2.45, 2.75) is 6.10 Å². The van der Waals surface area contributed by atoms with Crippen LogP contribution >= 0.6 is 0 Å². The molecule has 5 nitrogen and oxygen atoms in total. The van der Waals surface area contributed by atoms with Crippen LogP contribution in [0.25, 0.3) is 0 Å². The number of epoxide rings is 1. The number of hydrogen-bond acceptors (Lipinski definition) is 5. The van der Waals surface area contributed by atoms with E-state index >= 15 is 0 Å². The van der Waals surface area contributed by atoms with Crippen LogP contribution < -0.4 is 0 Å². The molecule has 1 unspecified atom stereocenters. The van der Waals surface area contributed by atoms with E-state index in [1.54, 1.807) is 0 Å². The molecule has 5 heteroatoms. The molecule has 1 heterocycles. The van der Waals surface area contributed by atoms with Gasteiger partial charge in [-0.2, -0.15) is 0 Å². The molecule has 0 aromatic heterocycles. The van der Waals surface area contributed by atoms with Gasteiger partial charge in [-0.15, -0.1) is 0 Å². The zero-order chi connectivity index (χ0) is 10.2. The first-order valence-electron chi connectivity index (χ1n) is 5.00. The fraction of sp³-hybridized carbons (Fsp3) is 1.00. The molecule has 1 aliphatic heterocycles. The van der Waals surface area contributed by atoms with Crippen LogP contribution in [0.2, 0.25) is 0 Å². The Morgan fingerprint density at radius 2 is 1.86 bits per heavy atom. The van der Waals surface area contributed by atoms with Gasteiger partial charge < -0.3 is 19.7 Å². The first-order valence-corrected chi connectivity index (χ1v) is 5.00. The number of aliphatic hydroxyl groups is 2. The minimum absolute atomic E-state index is 0.117. The van der Waals surface area contributed by atoms with Crippen molar-refractivity contribution in [1.29, 1.82) is 0 Å². The van der Waals surface area contributed by atoms with Crippen LogP contribution in [0.5, 0.6) is 0 Å². The fourth-order valence-electron chi connectivity index (χ4n) is 1.19. The molecule has 1 aliphatic rings. The Hall–Kier alpha value is -0.200. The lowest BCUT2D eigenvalue weighted by molar-refractivity contribution is 0.0782. The average Bonchev–Trinajstić information content (AvgIpc) is 2.96. The minimum atomic E-state index is 0.117. The van der Waals surface area contributed by atoms with E-state index in [-0.39, 0.29) is 13.2 Å². The third-order valence-corrected chi connectivity index (χ3v) is 2.09. The number of aliphatic hydroxyl groups excluding tert-OH is 2. The van der Waals surface area contributed by atoms with Crippen LogP contribution in [0.1, 0.15) is 0 Å². The summed E-state index contributed by atoms with van der Waals surface area (Å²) < 4.78 is 10.3.